The Morgan fingerprint density at radius 3 is 2.37 bits per heavy atom. The summed E-state index contributed by atoms with van der Waals surface area (Å²) in [5, 5.41) is 3.64. The van der Waals surface area contributed by atoms with Gasteiger partial charge >= 0.3 is 0 Å². The molecule has 0 spiro atoms. The van der Waals surface area contributed by atoms with Gasteiger partial charge in [-0.1, -0.05) is 36.4 Å². The van der Waals surface area contributed by atoms with Gasteiger partial charge in [-0.25, -0.2) is 0 Å². The minimum absolute atomic E-state index is 0.0597. The van der Waals surface area contributed by atoms with Crippen LogP contribution in [0.1, 0.15) is 35.3 Å². The molecule has 0 radical (unpaired) electrons. The molecule has 3 aromatic rings. The van der Waals surface area contributed by atoms with Crippen molar-refractivity contribution in [3.05, 3.63) is 93.6 Å². The fourth-order valence-corrected chi connectivity index (χ4v) is 4.09. The number of nitrogens with zero attached hydrogens (tertiary/aromatic N) is 1. The van der Waals surface area contributed by atoms with Gasteiger partial charge in [0.25, 0.3) is 5.91 Å². The molecule has 0 saturated carbocycles. The van der Waals surface area contributed by atoms with Crippen LogP contribution >= 0.6 is 22.6 Å². The first-order chi connectivity index (χ1) is 13.1. The summed E-state index contributed by atoms with van der Waals surface area (Å²) >= 11 is 2.26. The van der Waals surface area contributed by atoms with Gasteiger partial charge in [-0.15, -0.1) is 0 Å². The molecule has 136 valence electrons. The van der Waals surface area contributed by atoms with E-state index < -0.39 is 0 Å². The zero-order valence-corrected chi connectivity index (χ0v) is 17.3. The third kappa shape index (κ3) is 3.72. The molecule has 0 unspecified atom stereocenters. The lowest BCUT2D eigenvalue weighted by atomic mass is 9.90. The lowest BCUT2D eigenvalue weighted by molar-refractivity contribution is 0.0974. The number of rotatable bonds is 3. The predicted molar refractivity (Wildman–Crippen MR) is 119 cm³/mol. The molecule has 1 heterocycles. The Balaban J connectivity index is 1.68. The average molecular weight is 468 g/mol. The normalized spacial score (nSPS) is 18.7. The standard InChI is InChI=1S/C23H21IN2O/c1-16-15-21(25-19-7-3-2-4-8-19)20-9-5-6-10-22(20)26(16)23(27)17-11-13-18(24)14-12-17/h2-14,16,21,25H,15H2,1H3/t16-,21+/m0/s1. The molecule has 27 heavy (non-hydrogen) atoms. The van der Waals surface area contributed by atoms with E-state index in [1.807, 2.05) is 59.5 Å². The fraction of sp³-hybridized carbons (Fsp3) is 0.174. The maximum Gasteiger partial charge on any atom is 0.258 e. The SMILES string of the molecule is C[C@H]1C[C@@H](Nc2ccccc2)c2ccccc2N1C(=O)c1ccc(I)cc1. The van der Waals surface area contributed by atoms with Crippen LogP contribution in [0.4, 0.5) is 11.4 Å². The van der Waals surface area contributed by atoms with E-state index >= 15 is 0 Å². The molecular formula is C23H21IN2O. The van der Waals surface area contributed by atoms with E-state index in [1.54, 1.807) is 0 Å². The minimum atomic E-state index is 0.0597. The van der Waals surface area contributed by atoms with Crippen LogP contribution in [-0.2, 0) is 0 Å². The van der Waals surface area contributed by atoms with Crippen molar-refractivity contribution >= 4 is 39.9 Å². The largest absolute Gasteiger partial charge is 0.378 e. The Bertz CT molecular complexity index is 940. The first kappa shape index (κ1) is 18.0. The Kier molecular flexibility index (Phi) is 5.16. The van der Waals surface area contributed by atoms with E-state index in [1.165, 1.54) is 5.56 Å². The molecule has 3 aromatic carbocycles. The summed E-state index contributed by atoms with van der Waals surface area (Å²) in [6.45, 7) is 2.13. The van der Waals surface area contributed by atoms with Gasteiger partial charge in [-0.05, 0) is 84.0 Å². The first-order valence-corrected chi connectivity index (χ1v) is 10.2. The maximum atomic E-state index is 13.3. The van der Waals surface area contributed by atoms with Crippen LogP contribution in [0.2, 0.25) is 0 Å². The number of carbonyl (C=O) groups is 1. The number of fused-ring (bicyclic) bond motifs is 1. The number of benzene rings is 3. The van der Waals surface area contributed by atoms with Crippen molar-refractivity contribution in [3.63, 3.8) is 0 Å². The quantitative estimate of drug-likeness (QED) is 0.487. The maximum absolute atomic E-state index is 13.3. The number of amides is 1. The van der Waals surface area contributed by atoms with Gasteiger partial charge in [-0.2, -0.15) is 0 Å². The third-order valence-electron chi connectivity index (χ3n) is 5.01. The lowest BCUT2D eigenvalue weighted by Crippen LogP contribution is -2.44. The third-order valence-corrected chi connectivity index (χ3v) is 5.73. The topological polar surface area (TPSA) is 32.3 Å². The summed E-state index contributed by atoms with van der Waals surface area (Å²) in [5.41, 5.74) is 3.99. The first-order valence-electron chi connectivity index (χ1n) is 9.13. The number of carbonyl (C=O) groups excluding carboxylic acids is 1. The Hall–Kier alpha value is -2.34. The number of para-hydroxylation sites is 2. The molecule has 2 atom stereocenters. The van der Waals surface area contributed by atoms with Gasteiger partial charge in [-0.3, -0.25) is 4.79 Å². The van der Waals surface area contributed by atoms with E-state index in [0.29, 0.717) is 0 Å². The molecule has 1 amide bonds. The van der Waals surface area contributed by atoms with E-state index in [2.05, 4.69) is 59.1 Å². The van der Waals surface area contributed by atoms with Gasteiger partial charge < -0.3 is 10.2 Å². The molecule has 1 N–H and O–H groups in total. The highest BCUT2D eigenvalue weighted by Gasteiger charge is 2.34. The Morgan fingerprint density at radius 2 is 1.63 bits per heavy atom. The highest BCUT2D eigenvalue weighted by molar-refractivity contribution is 14.1. The highest BCUT2D eigenvalue weighted by Crippen LogP contribution is 2.39. The molecule has 0 aliphatic carbocycles. The van der Waals surface area contributed by atoms with Crippen LogP contribution in [0, 0.1) is 3.57 Å². The average Bonchev–Trinajstić information content (AvgIpc) is 2.69. The summed E-state index contributed by atoms with van der Waals surface area (Å²) < 4.78 is 1.13. The zero-order valence-electron chi connectivity index (χ0n) is 15.1. The van der Waals surface area contributed by atoms with Crippen LogP contribution < -0.4 is 10.2 Å². The summed E-state index contributed by atoms with van der Waals surface area (Å²) in [7, 11) is 0. The van der Waals surface area contributed by atoms with E-state index in [4.69, 9.17) is 0 Å². The van der Waals surface area contributed by atoms with Crippen LogP contribution in [0.3, 0.4) is 0 Å². The molecule has 0 saturated heterocycles. The molecule has 4 heteroatoms. The van der Waals surface area contributed by atoms with Crippen molar-refractivity contribution in [2.45, 2.75) is 25.4 Å². The molecule has 0 bridgehead atoms. The number of nitrogens with one attached hydrogen (secondary N) is 1. The second-order valence-corrected chi connectivity index (χ2v) is 8.13. The van der Waals surface area contributed by atoms with Crippen molar-refractivity contribution in [1.82, 2.24) is 0 Å². The van der Waals surface area contributed by atoms with Crippen LogP contribution in [0.5, 0.6) is 0 Å². The molecule has 1 aliphatic rings. The summed E-state index contributed by atoms with van der Waals surface area (Å²) in [6, 6.07) is 26.5. The van der Waals surface area contributed by atoms with Crippen molar-refractivity contribution < 1.29 is 4.79 Å². The van der Waals surface area contributed by atoms with Crippen LogP contribution in [-0.4, -0.2) is 11.9 Å². The molecule has 1 aliphatic heterocycles. The highest BCUT2D eigenvalue weighted by atomic mass is 127. The van der Waals surface area contributed by atoms with Crippen LogP contribution in [0.25, 0.3) is 0 Å². The van der Waals surface area contributed by atoms with Crippen molar-refractivity contribution in [2.24, 2.45) is 0 Å². The van der Waals surface area contributed by atoms with E-state index in [9.17, 15) is 4.79 Å². The summed E-state index contributed by atoms with van der Waals surface area (Å²) in [6.07, 6.45) is 0.863. The fourth-order valence-electron chi connectivity index (χ4n) is 3.73. The van der Waals surface area contributed by atoms with E-state index in [-0.39, 0.29) is 18.0 Å². The van der Waals surface area contributed by atoms with Gasteiger partial charge in [0.1, 0.15) is 0 Å². The number of halogens is 1. The van der Waals surface area contributed by atoms with Crippen molar-refractivity contribution in [1.29, 1.82) is 0 Å². The van der Waals surface area contributed by atoms with E-state index in [0.717, 1.165) is 26.9 Å². The molecular weight excluding hydrogens is 447 g/mol. The number of hydrogen-bond donors (Lipinski definition) is 1. The number of anilines is 2. The summed E-state index contributed by atoms with van der Waals surface area (Å²) in [5.74, 6) is 0.0597. The Labute approximate surface area is 173 Å². The Morgan fingerprint density at radius 1 is 0.963 bits per heavy atom. The zero-order chi connectivity index (χ0) is 18.8. The molecule has 0 aromatic heterocycles. The van der Waals surface area contributed by atoms with Crippen molar-refractivity contribution in [2.75, 3.05) is 10.2 Å². The van der Waals surface area contributed by atoms with Gasteiger partial charge in [0.15, 0.2) is 0 Å². The number of hydrogen-bond acceptors (Lipinski definition) is 2. The molecule has 3 nitrogen and oxygen atoms in total. The summed E-state index contributed by atoms with van der Waals surface area (Å²) in [4.78, 5) is 15.2. The van der Waals surface area contributed by atoms with Crippen molar-refractivity contribution in [3.8, 4) is 0 Å². The second-order valence-electron chi connectivity index (χ2n) is 6.89. The van der Waals surface area contributed by atoms with Gasteiger partial charge in [0.2, 0.25) is 0 Å². The van der Waals surface area contributed by atoms with Crippen LogP contribution in [0.15, 0.2) is 78.9 Å². The van der Waals surface area contributed by atoms with Gasteiger partial charge in [0.05, 0.1) is 6.04 Å². The molecule has 4 rings (SSSR count). The minimum Gasteiger partial charge on any atom is -0.378 e. The smallest absolute Gasteiger partial charge is 0.258 e. The van der Waals surface area contributed by atoms with Gasteiger partial charge in [0, 0.05) is 26.6 Å². The predicted octanol–water partition coefficient (Wildman–Crippen LogP) is 5.88. The monoisotopic (exact) mass is 468 g/mol. The molecule has 0 fully saturated rings. The lowest BCUT2D eigenvalue weighted by Gasteiger charge is -2.40. The second kappa shape index (κ2) is 7.72.